The van der Waals surface area contributed by atoms with Crippen molar-refractivity contribution in [3.8, 4) is 16.9 Å². The summed E-state index contributed by atoms with van der Waals surface area (Å²) in [7, 11) is -3.04. The van der Waals surface area contributed by atoms with Crippen LogP contribution in [0.15, 0.2) is 89.8 Å². The zero-order chi connectivity index (χ0) is 30.7. The van der Waals surface area contributed by atoms with Crippen LogP contribution in [-0.2, 0) is 26.0 Å². The molecule has 4 aromatic rings. The van der Waals surface area contributed by atoms with E-state index in [1.54, 1.807) is 36.4 Å². The van der Waals surface area contributed by atoms with Crippen LogP contribution in [0.5, 0.6) is 5.75 Å². The minimum absolute atomic E-state index is 0.00701. The Morgan fingerprint density at radius 3 is 2.44 bits per heavy atom. The van der Waals surface area contributed by atoms with Crippen LogP contribution in [0.3, 0.4) is 0 Å². The van der Waals surface area contributed by atoms with Crippen LogP contribution in [-0.4, -0.2) is 46.6 Å². The third-order valence-corrected chi connectivity index (χ3v) is 9.05. The molecule has 0 saturated heterocycles. The number of hydrogen-bond donors (Lipinski definition) is 1. The molecule has 0 saturated carbocycles. The third-order valence-electron chi connectivity index (χ3n) is 6.90. The predicted molar refractivity (Wildman–Crippen MR) is 157 cm³/mol. The fourth-order valence-corrected chi connectivity index (χ4v) is 6.75. The Morgan fingerprint density at radius 1 is 1.00 bits per heavy atom. The first kappa shape index (κ1) is 30.0. The highest BCUT2D eigenvalue weighted by molar-refractivity contribution is 7.93. The number of anilines is 1. The van der Waals surface area contributed by atoms with Crippen LogP contribution in [0.4, 0.5) is 14.5 Å². The van der Waals surface area contributed by atoms with Crippen molar-refractivity contribution in [3.63, 3.8) is 0 Å². The molecule has 0 aliphatic carbocycles. The van der Waals surface area contributed by atoms with E-state index < -0.39 is 39.6 Å². The number of sulfonamides is 1. The second-order valence-electron chi connectivity index (χ2n) is 9.57. The Hall–Kier alpha value is -4.48. The minimum atomic E-state index is -4.18. The number of benzene rings is 4. The molecule has 4 aromatic carbocycles. The van der Waals surface area contributed by atoms with E-state index in [1.165, 1.54) is 42.5 Å². The van der Waals surface area contributed by atoms with Crippen molar-refractivity contribution < 1.29 is 36.3 Å². The number of rotatable bonds is 9. The molecule has 1 heterocycles. The highest BCUT2D eigenvalue weighted by atomic mass is 35.5. The molecule has 43 heavy (non-hydrogen) atoms. The number of esters is 1. The highest BCUT2D eigenvalue weighted by Crippen LogP contribution is 2.37. The third kappa shape index (κ3) is 6.18. The van der Waals surface area contributed by atoms with Gasteiger partial charge in [-0.2, -0.15) is 0 Å². The molecular weight excluding hydrogens is 602 g/mol. The van der Waals surface area contributed by atoms with Gasteiger partial charge in [0.15, 0.2) is 0 Å². The lowest BCUT2D eigenvalue weighted by Crippen LogP contribution is -2.48. The van der Waals surface area contributed by atoms with E-state index in [9.17, 15) is 26.8 Å². The maximum Gasteiger partial charge on any atom is 0.340 e. The second kappa shape index (κ2) is 12.4. The molecule has 0 radical (unpaired) electrons. The van der Waals surface area contributed by atoms with Gasteiger partial charge in [0.1, 0.15) is 30.0 Å². The van der Waals surface area contributed by atoms with Gasteiger partial charge in [0.25, 0.3) is 10.0 Å². The number of hydrogen-bond acceptors (Lipinski definition) is 6. The van der Waals surface area contributed by atoms with Crippen molar-refractivity contribution in [3.05, 3.63) is 113 Å². The lowest BCUT2D eigenvalue weighted by molar-refractivity contribution is -0.122. The van der Waals surface area contributed by atoms with Crippen LogP contribution in [0.25, 0.3) is 11.1 Å². The zero-order valence-corrected chi connectivity index (χ0v) is 24.3. The monoisotopic (exact) mass is 626 g/mol. The summed E-state index contributed by atoms with van der Waals surface area (Å²) in [6.07, 6.45) is 0.158. The van der Waals surface area contributed by atoms with Gasteiger partial charge >= 0.3 is 5.97 Å². The van der Waals surface area contributed by atoms with Crippen molar-refractivity contribution in [2.75, 3.05) is 24.6 Å². The van der Waals surface area contributed by atoms with Gasteiger partial charge in [0.05, 0.1) is 34.8 Å². The number of halogens is 3. The summed E-state index contributed by atoms with van der Waals surface area (Å²) in [5, 5.41) is 2.88. The number of methoxy groups -OCH3 is 1. The Balaban J connectivity index is 1.30. The molecule has 1 amide bonds. The maximum absolute atomic E-state index is 14.2. The molecule has 222 valence electrons. The minimum Gasteiger partial charge on any atom is -0.492 e. The predicted octanol–water partition coefficient (Wildman–Crippen LogP) is 5.39. The largest absolute Gasteiger partial charge is 0.492 e. The van der Waals surface area contributed by atoms with E-state index in [4.69, 9.17) is 16.3 Å². The number of carbonyl (C=O) groups excluding carboxylic acids is 2. The van der Waals surface area contributed by atoms with Crippen molar-refractivity contribution >= 4 is 39.2 Å². The van der Waals surface area contributed by atoms with Gasteiger partial charge < -0.3 is 14.8 Å². The molecule has 1 N–H and O–H groups in total. The molecule has 0 unspecified atom stereocenters. The topological polar surface area (TPSA) is 102 Å². The van der Waals surface area contributed by atoms with E-state index in [2.05, 4.69) is 10.1 Å². The van der Waals surface area contributed by atoms with Crippen molar-refractivity contribution in [2.24, 2.45) is 0 Å². The number of nitrogens with one attached hydrogen (secondary N) is 1. The molecular formula is C31H25ClF2N2O6S. The summed E-state index contributed by atoms with van der Waals surface area (Å²) >= 11 is 6.17. The summed E-state index contributed by atoms with van der Waals surface area (Å²) in [5.41, 5.74) is 1.99. The van der Waals surface area contributed by atoms with Crippen LogP contribution in [0.2, 0.25) is 5.02 Å². The van der Waals surface area contributed by atoms with Crippen molar-refractivity contribution in [1.82, 2.24) is 5.32 Å². The first-order chi connectivity index (χ1) is 20.6. The Labute approximate surface area is 251 Å². The van der Waals surface area contributed by atoms with E-state index >= 15 is 0 Å². The zero-order valence-electron chi connectivity index (χ0n) is 22.7. The summed E-state index contributed by atoms with van der Waals surface area (Å²) in [6, 6.07) is 19.4. The van der Waals surface area contributed by atoms with Gasteiger partial charge in [0, 0.05) is 18.1 Å². The molecule has 0 fully saturated rings. The average Bonchev–Trinajstić information content (AvgIpc) is 3.40. The molecule has 5 rings (SSSR count). The quantitative estimate of drug-likeness (QED) is 0.198. The molecule has 1 aliphatic heterocycles. The number of para-hydroxylation sites is 1. The molecule has 12 heteroatoms. The SMILES string of the molecule is COC(=O)c1ccc(OCCNC(=O)[C@@H]2Cc3ccccc3N2S(=O)(=O)c2ccc(-c3ccc(F)cc3Cl)cc2)cc1F. The van der Waals surface area contributed by atoms with Crippen LogP contribution < -0.4 is 14.4 Å². The maximum atomic E-state index is 14.2. The lowest BCUT2D eigenvalue weighted by atomic mass is 10.1. The fraction of sp³-hybridized carbons (Fsp3) is 0.161. The van der Waals surface area contributed by atoms with Crippen LogP contribution >= 0.6 is 11.6 Å². The van der Waals surface area contributed by atoms with Gasteiger partial charge in [0.2, 0.25) is 5.91 Å². The number of nitrogens with zero attached hydrogens (tertiary/aromatic N) is 1. The summed E-state index contributed by atoms with van der Waals surface area (Å²) in [5.74, 6) is -2.51. The average molecular weight is 627 g/mol. The van der Waals surface area contributed by atoms with Crippen LogP contribution in [0, 0.1) is 11.6 Å². The molecule has 8 nitrogen and oxygen atoms in total. The van der Waals surface area contributed by atoms with Gasteiger partial charge in [-0.1, -0.05) is 41.9 Å². The normalized spacial score (nSPS) is 14.2. The Bertz CT molecular complexity index is 1800. The van der Waals surface area contributed by atoms with E-state index in [-0.39, 0.29) is 40.8 Å². The lowest BCUT2D eigenvalue weighted by Gasteiger charge is -2.26. The standard InChI is InChI=1S/C31H25ClF2N2O6S/c1-41-31(38)25-13-9-22(18-27(25)34)42-15-14-35-30(37)29-16-20-4-2-3-5-28(20)36(29)43(39,40)23-10-6-19(7-11-23)24-12-8-21(33)17-26(24)32/h2-13,17-18,29H,14-16H2,1H3,(H,35,37)/t29-/m0/s1. The van der Waals surface area contributed by atoms with Gasteiger partial charge in [-0.3, -0.25) is 9.10 Å². The number of fused-ring (bicyclic) bond motifs is 1. The van der Waals surface area contributed by atoms with E-state index in [0.29, 0.717) is 22.4 Å². The van der Waals surface area contributed by atoms with Crippen molar-refractivity contribution in [2.45, 2.75) is 17.4 Å². The molecule has 0 aromatic heterocycles. The number of carbonyl (C=O) groups is 2. The molecule has 1 atom stereocenters. The molecule has 1 aliphatic rings. The second-order valence-corrected chi connectivity index (χ2v) is 11.8. The first-order valence-corrected chi connectivity index (χ1v) is 14.9. The van der Waals surface area contributed by atoms with Crippen LogP contribution in [0.1, 0.15) is 15.9 Å². The Morgan fingerprint density at radius 2 is 1.74 bits per heavy atom. The first-order valence-electron chi connectivity index (χ1n) is 13.1. The van der Waals surface area contributed by atoms with Gasteiger partial charge in [-0.15, -0.1) is 0 Å². The van der Waals surface area contributed by atoms with E-state index in [0.717, 1.165) is 17.5 Å². The smallest absolute Gasteiger partial charge is 0.340 e. The molecule has 0 spiro atoms. The Kier molecular flexibility index (Phi) is 8.65. The van der Waals surface area contributed by atoms with Crippen molar-refractivity contribution in [1.29, 1.82) is 0 Å². The summed E-state index contributed by atoms with van der Waals surface area (Å²) < 4.78 is 66.5. The van der Waals surface area contributed by atoms with Gasteiger partial charge in [-0.25, -0.2) is 22.0 Å². The fourth-order valence-electron chi connectivity index (χ4n) is 4.82. The summed E-state index contributed by atoms with van der Waals surface area (Å²) in [4.78, 5) is 24.8. The summed E-state index contributed by atoms with van der Waals surface area (Å²) in [6.45, 7) is -0.0321. The van der Waals surface area contributed by atoms with Gasteiger partial charge in [-0.05, 0) is 59.7 Å². The highest BCUT2D eigenvalue weighted by Gasteiger charge is 2.42. The molecule has 0 bridgehead atoms. The number of ether oxygens (including phenoxy) is 2. The van der Waals surface area contributed by atoms with E-state index in [1.807, 2.05) is 0 Å². The number of amides is 1.